The molecule has 3 rings (SSSR count). The summed E-state index contributed by atoms with van der Waals surface area (Å²) in [6, 6.07) is 8.90. The van der Waals surface area contributed by atoms with E-state index in [2.05, 4.69) is 56.2 Å². The Morgan fingerprint density at radius 2 is 1.29 bits per heavy atom. The van der Waals surface area contributed by atoms with Crippen LogP contribution in [0, 0.1) is 63.7 Å². The molecule has 0 atom stereocenters. The first kappa shape index (κ1) is 19.1. The van der Waals surface area contributed by atoms with Crippen molar-refractivity contribution in [3.63, 3.8) is 0 Å². The van der Waals surface area contributed by atoms with E-state index in [4.69, 9.17) is 0 Å². The van der Waals surface area contributed by atoms with Gasteiger partial charge in [0, 0.05) is 5.92 Å². The molecule has 0 spiro atoms. The number of rotatable bonds is 4. The van der Waals surface area contributed by atoms with Gasteiger partial charge in [0.25, 0.3) is 0 Å². The molecule has 2 aliphatic carbocycles. The van der Waals surface area contributed by atoms with Crippen molar-refractivity contribution < 1.29 is 17.1 Å². The first-order chi connectivity index (χ1) is 9.90. The van der Waals surface area contributed by atoms with Crippen LogP contribution in [0.25, 0.3) is 0 Å². The van der Waals surface area contributed by atoms with Gasteiger partial charge in [-0.3, -0.25) is 0 Å². The van der Waals surface area contributed by atoms with Gasteiger partial charge in [0.2, 0.25) is 0 Å². The Bertz CT molecular complexity index is 343. The molecular formula is C19H20FeS+2. The first-order valence-electron chi connectivity index (χ1n) is 6.87. The van der Waals surface area contributed by atoms with Crippen molar-refractivity contribution >= 4 is 11.8 Å². The Balaban J connectivity index is 0.000000313. The van der Waals surface area contributed by atoms with Crippen molar-refractivity contribution in [2.45, 2.75) is 6.42 Å². The SMILES string of the molecule is CSCCc1ccc([C]2[CH][CH][CH][CH]2)cc1.[CH]1[CH][CH][CH][CH]1.[Fe+2]. The third kappa shape index (κ3) is 7.26. The second kappa shape index (κ2) is 11.6. The van der Waals surface area contributed by atoms with Crippen LogP contribution < -0.4 is 0 Å². The molecule has 0 amide bonds. The maximum Gasteiger partial charge on any atom is 2.00 e. The largest absolute Gasteiger partial charge is 2.00 e. The van der Waals surface area contributed by atoms with Crippen LogP contribution >= 0.6 is 11.8 Å². The summed E-state index contributed by atoms with van der Waals surface area (Å²) < 4.78 is 0. The summed E-state index contributed by atoms with van der Waals surface area (Å²) in [4.78, 5) is 0. The van der Waals surface area contributed by atoms with E-state index in [1.165, 1.54) is 29.2 Å². The van der Waals surface area contributed by atoms with Gasteiger partial charge in [-0.2, -0.15) is 11.8 Å². The predicted octanol–water partition coefficient (Wildman–Crippen LogP) is 4.36. The van der Waals surface area contributed by atoms with Crippen LogP contribution in [-0.4, -0.2) is 12.0 Å². The van der Waals surface area contributed by atoms with E-state index in [9.17, 15) is 0 Å². The van der Waals surface area contributed by atoms with Crippen molar-refractivity contribution in [3.8, 4) is 0 Å². The predicted molar refractivity (Wildman–Crippen MR) is 89.6 cm³/mol. The number of aryl methyl sites for hydroxylation is 1. The van der Waals surface area contributed by atoms with Gasteiger partial charge >= 0.3 is 17.1 Å². The Labute approximate surface area is 146 Å². The smallest absolute Gasteiger partial charge is 0.165 e. The molecule has 21 heavy (non-hydrogen) atoms. The van der Waals surface area contributed by atoms with E-state index in [-0.39, 0.29) is 17.1 Å². The van der Waals surface area contributed by atoms with Crippen LogP contribution in [0.15, 0.2) is 24.3 Å². The summed E-state index contributed by atoms with van der Waals surface area (Å²) >= 11 is 1.90. The van der Waals surface area contributed by atoms with Gasteiger partial charge in [-0.15, -0.1) is 0 Å². The summed E-state index contributed by atoms with van der Waals surface area (Å²) in [6.45, 7) is 0. The number of thioether (sulfide) groups is 1. The summed E-state index contributed by atoms with van der Waals surface area (Å²) in [6.07, 6.45) is 21.8. The van der Waals surface area contributed by atoms with E-state index in [1.54, 1.807) is 0 Å². The third-order valence-electron chi connectivity index (χ3n) is 3.10. The zero-order chi connectivity index (χ0) is 14.0. The van der Waals surface area contributed by atoms with Crippen molar-refractivity contribution in [2.24, 2.45) is 0 Å². The Hall–Kier alpha value is 0.0895. The zero-order valence-electron chi connectivity index (χ0n) is 12.2. The molecule has 0 saturated heterocycles. The van der Waals surface area contributed by atoms with E-state index in [0.717, 1.165) is 0 Å². The van der Waals surface area contributed by atoms with Crippen LogP contribution in [0.5, 0.6) is 0 Å². The van der Waals surface area contributed by atoms with Gasteiger partial charge in [0.1, 0.15) is 0 Å². The topological polar surface area (TPSA) is 0 Å². The molecule has 0 unspecified atom stereocenters. The van der Waals surface area contributed by atoms with Crippen molar-refractivity contribution in [2.75, 3.05) is 12.0 Å². The van der Waals surface area contributed by atoms with Crippen LogP contribution in [0.2, 0.25) is 0 Å². The second-order valence-electron chi connectivity index (χ2n) is 4.58. The molecule has 2 saturated carbocycles. The normalized spacial score (nSPS) is 18.0. The maximum absolute atomic E-state index is 2.23. The minimum atomic E-state index is 0. The minimum Gasteiger partial charge on any atom is -0.165 e. The van der Waals surface area contributed by atoms with Crippen LogP contribution in [0.4, 0.5) is 0 Å². The van der Waals surface area contributed by atoms with Gasteiger partial charge in [-0.25, -0.2) is 0 Å². The van der Waals surface area contributed by atoms with E-state index >= 15 is 0 Å². The Kier molecular flexibility index (Phi) is 10.6. The molecular weight excluding hydrogens is 316 g/mol. The molecule has 1 aromatic rings. The van der Waals surface area contributed by atoms with Crippen molar-refractivity contribution in [1.29, 1.82) is 0 Å². The molecule has 0 heterocycles. The Morgan fingerprint density at radius 3 is 1.76 bits per heavy atom. The molecule has 10 radical (unpaired) electrons. The average molecular weight is 336 g/mol. The maximum atomic E-state index is 2.23. The fraction of sp³-hybridized carbons (Fsp3) is 0.158. The summed E-state index contributed by atoms with van der Waals surface area (Å²) in [5.41, 5.74) is 2.74. The Morgan fingerprint density at radius 1 is 0.762 bits per heavy atom. The van der Waals surface area contributed by atoms with Gasteiger partial charge in [-0.05, 0) is 87.3 Å². The molecule has 2 heteroatoms. The molecule has 108 valence electrons. The molecule has 0 aliphatic heterocycles. The van der Waals surface area contributed by atoms with Crippen molar-refractivity contribution in [3.05, 3.63) is 99.1 Å². The van der Waals surface area contributed by atoms with Gasteiger partial charge in [0.05, 0.1) is 0 Å². The van der Waals surface area contributed by atoms with Gasteiger partial charge < -0.3 is 0 Å². The fourth-order valence-electron chi connectivity index (χ4n) is 1.97. The second-order valence-corrected chi connectivity index (χ2v) is 5.56. The van der Waals surface area contributed by atoms with Crippen molar-refractivity contribution in [1.82, 2.24) is 0 Å². The fourth-order valence-corrected chi connectivity index (χ4v) is 2.41. The summed E-state index contributed by atoms with van der Waals surface area (Å²) in [5.74, 6) is 2.52. The first-order valence-corrected chi connectivity index (χ1v) is 8.26. The monoisotopic (exact) mass is 336 g/mol. The molecule has 0 N–H and O–H groups in total. The van der Waals surface area contributed by atoms with Gasteiger partial charge in [0.15, 0.2) is 0 Å². The van der Waals surface area contributed by atoms with Crippen LogP contribution in [0.1, 0.15) is 11.1 Å². The van der Waals surface area contributed by atoms with Crippen LogP contribution in [-0.2, 0) is 23.5 Å². The van der Waals surface area contributed by atoms with E-state index < -0.39 is 0 Å². The molecule has 2 fully saturated rings. The number of hydrogen-bond acceptors (Lipinski definition) is 1. The van der Waals surface area contributed by atoms with E-state index in [0.29, 0.717) is 0 Å². The molecule has 2 aliphatic rings. The third-order valence-corrected chi connectivity index (χ3v) is 3.71. The minimum absolute atomic E-state index is 0. The summed E-state index contributed by atoms with van der Waals surface area (Å²) in [5, 5.41) is 0. The molecule has 0 aromatic heterocycles. The standard InChI is InChI=1S/C14H15S.C5H5.Fe/c1-15-11-10-12-6-8-14(9-7-12)13-4-2-3-5-13;1-2-4-5-3-1;/h2-9H,10-11H2,1H3;1-5H;/q;;+2. The summed E-state index contributed by atoms with van der Waals surface area (Å²) in [7, 11) is 0. The zero-order valence-corrected chi connectivity index (χ0v) is 14.1. The molecule has 0 bridgehead atoms. The van der Waals surface area contributed by atoms with Gasteiger partial charge in [-0.1, -0.05) is 24.3 Å². The van der Waals surface area contributed by atoms with E-state index in [1.807, 2.05) is 43.9 Å². The van der Waals surface area contributed by atoms with Crippen LogP contribution in [0.3, 0.4) is 0 Å². The quantitative estimate of drug-likeness (QED) is 0.736. The number of benzene rings is 1. The average Bonchev–Trinajstić information content (AvgIpc) is 3.20. The number of hydrogen-bond donors (Lipinski definition) is 0. The molecule has 0 nitrogen and oxygen atoms in total. The molecule has 1 aromatic carbocycles.